The van der Waals surface area contributed by atoms with Crippen LogP contribution in [0.15, 0.2) is 0 Å². The third-order valence-electron chi connectivity index (χ3n) is 2.68. The van der Waals surface area contributed by atoms with Crippen LogP contribution in [0.3, 0.4) is 0 Å². The van der Waals surface area contributed by atoms with E-state index in [4.69, 9.17) is 4.74 Å². The van der Waals surface area contributed by atoms with Gasteiger partial charge in [0.2, 0.25) is 0 Å². The third-order valence-corrected chi connectivity index (χ3v) is 2.68. The smallest absolute Gasteiger partial charge is 0.0598 e. The van der Waals surface area contributed by atoms with Crippen LogP contribution in [0.25, 0.3) is 0 Å². The van der Waals surface area contributed by atoms with Gasteiger partial charge in [0, 0.05) is 13.2 Å². The summed E-state index contributed by atoms with van der Waals surface area (Å²) in [4.78, 5) is 0. The molecule has 1 N–H and O–H groups in total. The topological polar surface area (TPSA) is 21.3 Å². The van der Waals surface area contributed by atoms with E-state index in [1.807, 2.05) is 7.05 Å². The third kappa shape index (κ3) is 4.10. The van der Waals surface area contributed by atoms with Gasteiger partial charge in [-0.2, -0.15) is 0 Å². The van der Waals surface area contributed by atoms with Gasteiger partial charge in [0.15, 0.2) is 0 Å². The summed E-state index contributed by atoms with van der Waals surface area (Å²) < 4.78 is 5.72. The number of ether oxygens (including phenoxy) is 1. The number of hydrogen-bond donors (Lipinski definition) is 1. The van der Waals surface area contributed by atoms with Crippen molar-refractivity contribution in [1.29, 1.82) is 0 Å². The fraction of sp³-hybridized carbons (Fsp3) is 1.00. The maximum Gasteiger partial charge on any atom is 0.0598 e. The molecule has 1 aliphatic rings. The Bertz CT molecular complexity index is 156. The van der Waals surface area contributed by atoms with E-state index in [-0.39, 0.29) is 5.60 Å². The molecule has 13 heavy (non-hydrogen) atoms. The second kappa shape index (κ2) is 3.97. The molecule has 0 bridgehead atoms. The molecule has 1 saturated carbocycles. The van der Waals surface area contributed by atoms with Crippen LogP contribution in [0, 0.1) is 5.41 Å². The maximum atomic E-state index is 5.72. The maximum absolute atomic E-state index is 5.72. The predicted molar refractivity (Wildman–Crippen MR) is 55.9 cm³/mol. The second-order valence-corrected chi connectivity index (χ2v) is 5.24. The molecule has 0 saturated heterocycles. The van der Waals surface area contributed by atoms with Crippen LogP contribution in [0.4, 0.5) is 0 Å². The van der Waals surface area contributed by atoms with Crippen molar-refractivity contribution in [2.75, 3.05) is 20.2 Å². The molecule has 0 radical (unpaired) electrons. The Kier molecular flexibility index (Phi) is 3.36. The minimum atomic E-state index is 0.0235. The molecule has 2 heteroatoms. The standard InChI is InChI=1S/C11H23NO/c1-10(2,3)13-8-7-11(5-6-11)9-12-4/h12H,5-9H2,1-4H3. The van der Waals surface area contributed by atoms with Gasteiger partial charge in [-0.25, -0.2) is 0 Å². The molecule has 0 atom stereocenters. The molecular weight excluding hydrogens is 162 g/mol. The lowest BCUT2D eigenvalue weighted by atomic mass is 10.0. The van der Waals surface area contributed by atoms with Crippen LogP contribution < -0.4 is 5.32 Å². The van der Waals surface area contributed by atoms with Crippen molar-refractivity contribution in [1.82, 2.24) is 5.32 Å². The van der Waals surface area contributed by atoms with E-state index < -0.39 is 0 Å². The van der Waals surface area contributed by atoms with Crippen LogP contribution in [-0.2, 0) is 4.74 Å². The Balaban J connectivity index is 2.12. The van der Waals surface area contributed by atoms with Crippen molar-refractivity contribution in [2.24, 2.45) is 5.41 Å². The Morgan fingerprint density at radius 2 is 1.92 bits per heavy atom. The molecule has 0 aromatic carbocycles. The largest absolute Gasteiger partial charge is 0.376 e. The van der Waals surface area contributed by atoms with Crippen molar-refractivity contribution < 1.29 is 4.74 Å². The van der Waals surface area contributed by atoms with E-state index in [2.05, 4.69) is 26.1 Å². The molecule has 2 nitrogen and oxygen atoms in total. The van der Waals surface area contributed by atoms with E-state index in [9.17, 15) is 0 Å². The van der Waals surface area contributed by atoms with Crippen LogP contribution >= 0.6 is 0 Å². The Morgan fingerprint density at radius 3 is 2.31 bits per heavy atom. The zero-order chi connectivity index (χ0) is 9.95. The lowest BCUT2D eigenvalue weighted by Gasteiger charge is -2.22. The lowest BCUT2D eigenvalue weighted by Crippen LogP contribution is -2.25. The van der Waals surface area contributed by atoms with Crippen molar-refractivity contribution >= 4 is 0 Å². The van der Waals surface area contributed by atoms with Gasteiger partial charge >= 0.3 is 0 Å². The molecule has 1 fully saturated rings. The highest BCUT2D eigenvalue weighted by atomic mass is 16.5. The fourth-order valence-corrected chi connectivity index (χ4v) is 1.64. The first-order valence-electron chi connectivity index (χ1n) is 5.26. The first-order valence-corrected chi connectivity index (χ1v) is 5.26. The molecule has 78 valence electrons. The summed E-state index contributed by atoms with van der Waals surface area (Å²) in [6.07, 6.45) is 3.97. The van der Waals surface area contributed by atoms with Gasteiger partial charge in [-0.05, 0) is 52.5 Å². The van der Waals surface area contributed by atoms with Gasteiger partial charge in [0.25, 0.3) is 0 Å². The van der Waals surface area contributed by atoms with E-state index in [1.165, 1.54) is 19.3 Å². The van der Waals surface area contributed by atoms with Crippen LogP contribution in [0.1, 0.15) is 40.0 Å². The Labute approximate surface area is 82.0 Å². The number of rotatable bonds is 5. The summed E-state index contributed by atoms with van der Waals surface area (Å²) in [7, 11) is 2.03. The first kappa shape index (κ1) is 11.0. The molecule has 1 aliphatic carbocycles. The molecule has 1 rings (SSSR count). The molecule has 0 aliphatic heterocycles. The monoisotopic (exact) mass is 185 g/mol. The highest BCUT2D eigenvalue weighted by Crippen LogP contribution is 2.48. The van der Waals surface area contributed by atoms with Gasteiger partial charge < -0.3 is 10.1 Å². The average molecular weight is 185 g/mol. The number of hydrogen-bond acceptors (Lipinski definition) is 2. The van der Waals surface area contributed by atoms with Gasteiger partial charge in [0.05, 0.1) is 5.60 Å². The van der Waals surface area contributed by atoms with Crippen molar-refractivity contribution in [2.45, 2.75) is 45.6 Å². The zero-order valence-corrected chi connectivity index (χ0v) is 9.44. The summed E-state index contributed by atoms with van der Waals surface area (Å²) in [5, 5.41) is 3.26. The van der Waals surface area contributed by atoms with Gasteiger partial charge in [-0.1, -0.05) is 0 Å². The zero-order valence-electron chi connectivity index (χ0n) is 9.44. The molecule has 0 heterocycles. The van der Waals surface area contributed by atoms with E-state index in [1.54, 1.807) is 0 Å². The lowest BCUT2D eigenvalue weighted by molar-refractivity contribution is -0.0107. The van der Waals surface area contributed by atoms with Gasteiger partial charge in [-0.15, -0.1) is 0 Å². The normalized spacial score (nSPS) is 20.3. The SMILES string of the molecule is CNCC1(CCOC(C)(C)C)CC1. The summed E-state index contributed by atoms with van der Waals surface area (Å²) in [6.45, 7) is 8.41. The first-order chi connectivity index (χ1) is 5.97. The van der Waals surface area contributed by atoms with Gasteiger partial charge in [0.1, 0.15) is 0 Å². The highest BCUT2D eigenvalue weighted by molar-refractivity contribution is 4.94. The minimum absolute atomic E-state index is 0.0235. The predicted octanol–water partition coefficient (Wildman–Crippen LogP) is 2.19. The summed E-state index contributed by atoms with van der Waals surface area (Å²) in [5.41, 5.74) is 0.607. The van der Waals surface area contributed by atoms with Crippen LogP contribution in [-0.4, -0.2) is 25.8 Å². The van der Waals surface area contributed by atoms with Crippen LogP contribution in [0.5, 0.6) is 0 Å². The fourth-order valence-electron chi connectivity index (χ4n) is 1.64. The molecule has 0 amide bonds. The van der Waals surface area contributed by atoms with Crippen LogP contribution in [0.2, 0.25) is 0 Å². The van der Waals surface area contributed by atoms with E-state index in [0.717, 1.165) is 13.2 Å². The number of nitrogens with one attached hydrogen (secondary N) is 1. The molecule has 0 aromatic rings. The molecule has 0 aromatic heterocycles. The highest BCUT2D eigenvalue weighted by Gasteiger charge is 2.41. The molecule has 0 unspecified atom stereocenters. The quantitative estimate of drug-likeness (QED) is 0.709. The average Bonchev–Trinajstić information content (AvgIpc) is 2.67. The summed E-state index contributed by atoms with van der Waals surface area (Å²) >= 11 is 0. The molecule has 0 spiro atoms. The second-order valence-electron chi connectivity index (χ2n) is 5.24. The Hall–Kier alpha value is -0.0800. The molecular formula is C11H23NO. The van der Waals surface area contributed by atoms with E-state index >= 15 is 0 Å². The van der Waals surface area contributed by atoms with Gasteiger partial charge in [-0.3, -0.25) is 0 Å². The van der Waals surface area contributed by atoms with Crippen molar-refractivity contribution in [3.63, 3.8) is 0 Å². The van der Waals surface area contributed by atoms with Crippen molar-refractivity contribution in [3.05, 3.63) is 0 Å². The summed E-state index contributed by atoms with van der Waals surface area (Å²) in [5.74, 6) is 0. The Morgan fingerprint density at radius 1 is 1.31 bits per heavy atom. The minimum Gasteiger partial charge on any atom is -0.376 e. The van der Waals surface area contributed by atoms with E-state index in [0.29, 0.717) is 5.41 Å². The van der Waals surface area contributed by atoms with Crippen molar-refractivity contribution in [3.8, 4) is 0 Å². The summed E-state index contributed by atoms with van der Waals surface area (Å²) in [6, 6.07) is 0.